The molecule has 4 nitrogen and oxygen atoms in total. The van der Waals surface area contributed by atoms with Gasteiger partial charge in [-0.05, 0) is 41.3 Å². The van der Waals surface area contributed by atoms with Crippen molar-refractivity contribution in [1.82, 2.24) is 5.32 Å². The summed E-state index contributed by atoms with van der Waals surface area (Å²) in [6, 6.07) is 8.61. The zero-order chi connectivity index (χ0) is 15.5. The minimum Gasteiger partial charge on any atom is -0.310 e. The first-order valence-electron chi connectivity index (χ1n) is 6.46. The van der Waals surface area contributed by atoms with E-state index in [2.05, 4.69) is 10.0 Å². The van der Waals surface area contributed by atoms with Crippen molar-refractivity contribution in [3.63, 3.8) is 0 Å². The van der Waals surface area contributed by atoms with Crippen LogP contribution in [0.3, 0.4) is 0 Å². The molecule has 0 radical (unpaired) electrons. The van der Waals surface area contributed by atoms with Crippen LogP contribution in [-0.2, 0) is 16.6 Å². The Morgan fingerprint density at radius 3 is 2.52 bits per heavy atom. The number of nitrogens with one attached hydrogen (secondary N) is 2. The maximum Gasteiger partial charge on any atom is 0.271 e. The monoisotopic (exact) mass is 344 g/mol. The predicted octanol–water partition coefficient (Wildman–Crippen LogP) is 3.70. The summed E-state index contributed by atoms with van der Waals surface area (Å²) in [6.07, 6.45) is 0. The van der Waals surface area contributed by atoms with Crippen LogP contribution in [0, 0.1) is 0 Å². The van der Waals surface area contributed by atoms with E-state index in [1.54, 1.807) is 30.3 Å². The van der Waals surface area contributed by atoms with Gasteiger partial charge < -0.3 is 5.32 Å². The van der Waals surface area contributed by atoms with Crippen molar-refractivity contribution in [3.05, 3.63) is 46.3 Å². The summed E-state index contributed by atoms with van der Waals surface area (Å²) in [5, 5.41) is 5.68. The molecule has 0 spiro atoms. The zero-order valence-electron chi connectivity index (χ0n) is 11.8. The van der Waals surface area contributed by atoms with Crippen molar-refractivity contribution in [2.24, 2.45) is 0 Å². The lowest BCUT2D eigenvalue weighted by molar-refractivity contribution is 0.589. The van der Waals surface area contributed by atoms with Crippen LogP contribution in [0.2, 0.25) is 5.02 Å². The summed E-state index contributed by atoms with van der Waals surface area (Å²) in [7, 11) is -3.55. The molecule has 1 aromatic heterocycles. The average Bonchev–Trinajstić information content (AvgIpc) is 2.88. The minimum atomic E-state index is -3.55. The van der Waals surface area contributed by atoms with Gasteiger partial charge in [0, 0.05) is 23.3 Å². The number of hydrogen-bond donors (Lipinski definition) is 2. The summed E-state index contributed by atoms with van der Waals surface area (Å²) in [6.45, 7) is 4.75. The zero-order valence-corrected chi connectivity index (χ0v) is 14.1. The maximum atomic E-state index is 12.3. The first-order chi connectivity index (χ1) is 9.87. The standard InChI is InChI=1S/C14H17ClN2O2S2/c1-10(2)16-8-11-7-14(20-9-11)21(18,19)17-13-5-3-12(15)4-6-13/h3-7,9-10,16-17H,8H2,1-2H3. The van der Waals surface area contributed by atoms with Crippen LogP contribution < -0.4 is 10.0 Å². The second-order valence-electron chi connectivity index (χ2n) is 4.92. The van der Waals surface area contributed by atoms with Crippen molar-refractivity contribution in [2.45, 2.75) is 30.6 Å². The second kappa shape index (κ2) is 6.79. The van der Waals surface area contributed by atoms with Gasteiger partial charge in [0.1, 0.15) is 4.21 Å². The number of rotatable bonds is 6. The molecule has 0 aliphatic heterocycles. The highest BCUT2D eigenvalue weighted by Crippen LogP contribution is 2.23. The SMILES string of the molecule is CC(C)NCc1csc(S(=O)(=O)Nc2ccc(Cl)cc2)c1. The van der Waals surface area contributed by atoms with Crippen LogP contribution in [-0.4, -0.2) is 14.5 Å². The smallest absolute Gasteiger partial charge is 0.271 e. The number of hydrogen-bond acceptors (Lipinski definition) is 4. The van der Waals surface area contributed by atoms with E-state index in [4.69, 9.17) is 11.6 Å². The Balaban J connectivity index is 2.10. The molecule has 2 rings (SSSR count). The van der Waals surface area contributed by atoms with Crippen molar-refractivity contribution in [1.29, 1.82) is 0 Å². The molecule has 2 N–H and O–H groups in total. The normalized spacial score (nSPS) is 11.8. The molecule has 1 heterocycles. The van der Waals surface area contributed by atoms with Crippen LogP contribution in [0.5, 0.6) is 0 Å². The first-order valence-corrected chi connectivity index (χ1v) is 9.20. The highest BCUT2D eigenvalue weighted by Gasteiger charge is 2.17. The number of halogens is 1. The Morgan fingerprint density at radius 1 is 1.24 bits per heavy atom. The van der Waals surface area contributed by atoms with E-state index >= 15 is 0 Å². The number of benzene rings is 1. The topological polar surface area (TPSA) is 58.2 Å². The van der Waals surface area contributed by atoms with E-state index in [1.165, 1.54) is 11.3 Å². The third kappa shape index (κ3) is 4.71. The molecule has 2 aromatic rings. The molecule has 0 saturated carbocycles. The lowest BCUT2D eigenvalue weighted by Crippen LogP contribution is -2.21. The van der Waals surface area contributed by atoms with Crippen molar-refractivity contribution >= 4 is 38.6 Å². The Labute approximate surface area is 134 Å². The van der Waals surface area contributed by atoms with Crippen molar-refractivity contribution < 1.29 is 8.42 Å². The summed E-state index contributed by atoms with van der Waals surface area (Å²) < 4.78 is 27.4. The van der Waals surface area contributed by atoms with E-state index in [-0.39, 0.29) is 0 Å². The Kier molecular flexibility index (Phi) is 5.27. The Morgan fingerprint density at radius 2 is 1.90 bits per heavy atom. The van der Waals surface area contributed by atoms with Gasteiger partial charge in [0.2, 0.25) is 0 Å². The fourth-order valence-electron chi connectivity index (χ4n) is 1.63. The second-order valence-corrected chi connectivity index (χ2v) is 8.18. The summed E-state index contributed by atoms with van der Waals surface area (Å²) in [5.74, 6) is 0. The van der Waals surface area contributed by atoms with Crippen LogP contribution >= 0.6 is 22.9 Å². The molecule has 21 heavy (non-hydrogen) atoms. The van der Waals surface area contributed by atoms with E-state index in [0.717, 1.165) is 5.56 Å². The number of sulfonamides is 1. The number of anilines is 1. The lowest BCUT2D eigenvalue weighted by Gasteiger charge is -2.06. The molecule has 114 valence electrons. The fraction of sp³-hybridized carbons (Fsp3) is 0.286. The van der Waals surface area contributed by atoms with Crippen molar-refractivity contribution in [3.8, 4) is 0 Å². The van der Waals surface area contributed by atoms with Gasteiger partial charge in [-0.1, -0.05) is 25.4 Å². The van der Waals surface area contributed by atoms with E-state index in [0.29, 0.717) is 27.5 Å². The van der Waals surface area contributed by atoms with Crippen LogP contribution in [0.1, 0.15) is 19.4 Å². The van der Waals surface area contributed by atoms with Gasteiger partial charge in [0.25, 0.3) is 10.0 Å². The van der Waals surface area contributed by atoms with Gasteiger partial charge in [0.15, 0.2) is 0 Å². The van der Waals surface area contributed by atoms with Crippen LogP contribution in [0.25, 0.3) is 0 Å². The molecule has 0 aliphatic rings. The third-order valence-electron chi connectivity index (χ3n) is 2.71. The highest BCUT2D eigenvalue weighted by atomic mass is 35.5. The Hall–Kier alpha value is -1.08. The van der Waals surface area contributed by atoms with E-state index in [9.17, 15) is 8.42 Å². The van der Waals surface area contributed by atoms with Crippen molar-refractivity contribution in [2.75, 3.05) is 4.72 Å². The molecule has 7 heteroatoms. The van der Waals surface area contributed by atoms with Gasteiger partial charge in [-0.2, -0.15) is 0 Å². The molecular formula is C14H17ClN2O2S2. The largest absolute Gasteiger partial charge is 0.310 e. The molecule has 0 atom stereocenters. The van der Waals surface area contributed by atoms with Gasteiger partial charge in [-0.25, -0.2) is 8.42 Å². The lowest BCUT2D eigenvalue weighted by atomic mass is 10.3. The van der Waals surface area contributed by atoms with Crippen LogP contribution in [0.4, 0.5) is 5.69 Å². The Bertz CT molecular complexity index is 694. The predicted molar refractivity (Wildman–Crippen MR) is 88.6 cm³/mol. The maximum absolute atomic E-state index is 12.3. The molecular weight excluding hydrogens is 328 g/mol. The molecule has 0 unspecified atom stereocenters. The highest BCUT2D eigenvalue weighted by molar-refractivity contribution is 7.94. The minimum absolute atomic E-state index is 0.304. The third-order valence-corrected chi connectivity index (χ3v) is 5.83. The summed E-state index contributed by atoms with van der Waals surface area (Å²) >= 11 is 7.00. The van der Waals surface area contributed by atoms with Gasteiger partial charge >= 0.3 is 0 Å². The molecule has 0 fully saturated rings. The van der Waals surface area contributed by atoms with Gasteiger partial charge in [-0.3, -0.25) is 4.72 Å². The molecule has 0 amide bonds. The van der Waals surface area contributed by atoms with Gasteiger partial charge in [-0.15, -0.1) is 11.3 Å². The quantitative estimate of drug-likeness (QED) is 0.840. The average molecular weight is 345 g/mol. The van der Waals surface area contributed by atoms with Gasteiger partial charge in [0.05, 0.1) is 0 Å². The van der Waals surface area contributed by atoms with E-state index < -0.39 is 10.0 Å². The fourth-order valence-corrected chi connectivity index (χ4v) is 4.03. The number of thiophene rings is 1. The first kappa shape index (κ1) is 16.3. The molecule has 0 aliphatic carbocycles. The van der Waals surface area contributed by atoms with Crippen LogP contribution in [0.15, 0.2) is 39.9 Å². The molecule has 0 bridgehead atoms. The molecule has 1 aromatic carbocycles. The summed E-state index contributed by atoms with van der Waals surface area (Å²) in [4.78, 5) is 0. The molecule has 0 saturated heterocycles. The summed E-state index contributed by atoms with van der Waals surface area (Å²) in [5.41, 5.74) is 1.46. The van der Waals surface area contributed by atoms with E-state index in [1.807, 2.05) is 19.2 Å².